The molecule has 166 valence electrons. The molecule has 4 nitrogen and oxygen atoms in total. The first-order chi connectivity index (χ1) is 16.7. The maximum atomic E-state index is 13.3. The van der Waals surface area contributed by atoms with Gasteiger partial charge in [-0.3, -0.25) is 14.2 Å². The highest BCUT2D eigenvalue weighted by Crippen LogP contribution is 2.30. The predicted molar refractivity (Wildman–Crippen MR) is 141 cm³/mol. The molecule has 0 saturated heterocycles. The Bertz CT molecular complexity index is 1470. The fourth-order valence-corrected chi connectivity index (χ4v) is 4.79. The van der Waals surface area contributed by atoms with Gasteiger partial charge >= 0.3 is 0 Å². The third-order valence-electron chi connectivity index (χ3n) is 5.52. The molecule has 0 saturated carbocycles. The molecule has 0 atom stereocenters. The maximum Gasteiger partial charge on any atom is 0.248 e. The minimum atomic E-state index is -0.202. The molecule has 34 heavy (non-hydrogen) atoms. The van der Waals surface area contributed by atoms with Gasteiger partial charge in [0.1, 0.15) is 0 Å². The largest absolute Gasteiger partial charge is 0.322 e. The van der Waals surface area contributed by atoms with E-state index in [1.165, 1.54) is 17.8 Å². The highest BCUT2D eigenvalue weighted by atomic mass is 32.2. The average molecular weight is 463 g/mol. The highest BCUT2D eigenvalue weighted by molar-refractivity contribution is 8.00. The molecule has 0 unspecified atom stereocenters. The Kier molecular flexibility index (Phi) is 6.27. The van der Waals surface area contributed by atoms with Crippen molar-refractivity contribution in [1.82, 2.24) is 4.57 Å². The van der Waals surface area contributed by atoms with Crippen LogP contribution in [0.15, 0.2) is 114 Å². The summed E-state index contributed by atoms with van der Waals surface area (Å²) in [5.74, 6) is 0.101. The minimum absolute atomic E-state index is 0.0163. The second-order valence-electron chi connectivity index (χ2n) is 7.81. The number of fused-ring (bicyclic) bond motifs is 3. The predicted octanol–water partition coefficient (Wildman–Crippen LogP) is 6.88. The molecule has 1 aromatic heterocycles. The van der Waals surface area contributed by atoms with E-state index in [9.17, 15) is 9.59 Å². The average Bonchev–Trinajstić information content (AvgIpc) is 3.21. The number of carbonyl (C=O) groups is 2. The van der Waals surface area contributed by atoms with Gasteiger partial charge in [-0.05, 0) is 42.0 Å². The van der Waals surface area contributed by atoms with Crippen LogP contribution in [0.1, 0.15) is 10.4 Å². The standard InChI is InChI=1S/C29H22N2O2S/c32-28(18-17-21-9-2-1-3-10-21)30-22-11-8-12-23(19-22)34-20-29(33)31-26-15-6-4-13-24(26)25-14-5-7-16-27(25)31/h1-19H,20H2,(H,30,32)/b18-17+. The van der Waals surface area contributed by atoms with E-state index in [1.54, 1.807) is 10.6 Å². The zero-order chi connectivity index (χ0) is 23.3. The molecular weight excluding hydrogens is 440 g/mol. The Balaban J connectivity index is 1.29. The van der Waals surface area contributed by atoms with Gasteiger partial charge in [-0.1, -0.05) is 72.8 Å². The van der Waals surface area contributed by atoms with Crippen LogP contribution in [0.25, 0.3) is 27.9 Å². The second-order valence-corrected chi connectivity index (χ2v) is 8.86. The number of aromatic nitrogens is 1. The van der Waals surface area contributed by atoms with Crippen LogP contribution in [0, 0.1) is 0 Å². The summed E-state index contributed by atoms with van der Waals surface area (Å²) in [5.41, 5.74) is 3.49. The fourth-order valence-electron chi connectivity index (χ4n) is 3.98. The number of carbonyl (C=O) groups excluding carboxylic acids is 2. The lowest BCUT2D eigenvalue weighted by molar-refractivity contribution is -0.111. The molecule has 4 aromatic carbocycles. The van der Waals surface area contributed by atoms with Gasteiger partial charge in [0.15, 0.2) is 0 Å². The van der Waals surface area contributed by atoms with Crippen molar-refractivity contribution in [3.8, 4) is 0 Å². The molecule has 1 heterocycles. The third kappa shape index (κ3) is 4.65. The first-order valence-corrected chi connectivity index (χ1v) is 12.0. The molecule has 0 fully saturated rings. The van der Waals surface area contributed by atoms with Crippen molar-refractivity contribution in [3.63, 3.8) is 0 Å². The summed E-state index contributed by atoms with van der Waals surface area (Å²) in [7, 11) is 0. The molecule has 0 aliphatic carbocycles. The zero-order valence-corrected chi connectivity index (χ0v) is 19.2. The van der Waals surface area contributed by atoms with Gasteiger partial charge in [-0.15, -0.1) is 11.8 Å². The van der Waals surface area contributed by atoms with Crippen LogP contribution in [-0.4, -0.2) is 22.1 Å². The van der Waals surface area contributed by atoms with Crippen LogP contribution in [0.3, 0.4) is 0 Å². The van der Waals surface area contributed by atoms with Gasteiger partial charge in [0.05, 0.1) is 16.8 Å². The Labute approximate surface area is 201 Å². The number of nitrogens with one attached hydrogen (secondary N) is 1. The topological polar surface area (TPSA) is 51.1 Å². The summed E-state index contributed by atoms with van der Waals surface area (Å²) < 4.78 is 1.80. The number of amides is 1. The van der Waals surface area contributed by atoms with E-state index in [1.807, 2.05) is 103 Å². The van der Waals surface area contributed by atoms with Crippen LogP contribution in [-0.2, 0) is 4.79 Å². The van der Waals surface area contributed by atoms with E-state index in [0.717, 1.165) is 32.3 Å². The summed E-state index contributed by atoms with van der Waals surface area (Å²) >= 11 is 1.46. The van der Waals surface area contributed by atoms with E-state index >= 15 is 0 Å². The van der Waals surface area contributed by atoms with Crippen LogP contribution in [0.5, 0.6) is 0 Å². The SMILES string of the molecule is O=C(/C=C/c1ccccc1)Nc1cccc(SCC(=O)n2c3ccccc3c3ccccc32)c1. The summed E-state index contributed by atoms with van der Waals surface area (Å²) in [5, 5.41) is 5.03. The van der Waals surface area contributed by atoms with Gasteiger partial charge in [0.25, 0.3) is 0 Å². The number of para-hydroxylation sites is 2. The van der Waals surface area contributed by atoms with Crippen molar-refractivity contribution >= 4 is 57.1 Å². The highest BCUT2D eigenvalue weighted by Gasteiger charge is 2.15. The van der Waals surface area contributed by atoms with Crippen LogP contribution >= 0.6 is 11.8 Å². The van der Waals surface area contributed by atoms with Gasteiger partial charge in [0, 0.05) is 27.4 Å². The van der Waals surface area contributed by atoms with Crippen molar-refractivity contribution in [2.45, 2.75) is 4.90 Å². The second kappa shape index (κ2) is 9.81. The normalized spacial score (nSPS) is 11.3. The molecule has 0 aliphatic rings. The number of thioether (sulfide) groups is 1. The summed E-state index contributed by atoms with van der Waals surface area (Å²) in [6.45, 7) is 0. The van der Waals surface area contributed by atoms with Gasteiger partial charge in [-0.25, -0.2) is 0 Å². The van der Waals surface area contributed by atoms with E-state index in [2.05, 4.69) is 5.32 Å². The molecule has 0 spiro atoms. The Morgan fingerprint density at radius 2 is 1.41 bits per heavy atom. The Morgan fingerprint density at radius 3 is 2.12 bits per heavy atom. The lowest BCUT2D eigenvalue weighted by Gasteiger charge is -2.08. The minimum Gasteiger partial charge on any atom is -0.322 e. The van der Waals surface area contributed by atoms with E-state index in [4.69, 9.17) is 0 Å². The summed E-state index contributed by atoms with van der Waals surface area (Å²) in [6, 6.07) is 33.2. The van der Waals surface area contributed by atoms with Gasteiger partial charge < -0.3 is 5.32 Å². The molecular formula is C29H22N2O2S. The van der Waals surface area contributed by atoms with Crippen molar-refractivity contribution in [3.05, 3.63) is 115 Å². The first kappa shape index (κ1) is 21.7. The van der Waals surface area contributed by atoms with Crippen LogP contribution in [0.2, 0.25) is 0 Å². The summed E-state index contributed by atoms with van der Waals surface area (Å²) in [6.07, 6.45) is 3.29. The van der Waals surface area contributed by atoms with Crippen molar-refractivity contribution in [1.29, 1.82) is 0 Å². The number of anilines is 1. The van der Waals surface area contributed by atoms with E-state index in [0.29, 0.717) is 5.69 Å². The lowest BCUT2D eigenvalue weighted by Crippen LogP contribution is -2.12. The molecule has 5 rings (SSSR count). The van der Waals surface area contributed by atoms with Gasteiger partial charge in [-0.2, -0.15) is 0 Å². The van der Waals surface area contributed by atoms with Crippen molar-refractivity contribution in [2.24, 2.45) is 0 Å². The Hall–Kier alpha value is -4.09. The van der Waals surface area contributed by atoms with Crippen LogP contribution < -0.4 is 5.32 Å². The number of hydrogen-bond donors (Lipinski definition) is 1. The molecule has 0 radical (unpaired) electrons. The van der Waals surface area contributed by atoms with Crippen molar-refractivity contribution < 1.29 is 9.59 Å². The molecule has 5 heteroatoms. The fraction of sp³-hybridized carbons (Fsp3) is 0.0345. The summed E-state index contributed by atoms with van der Waals surface area (Å²) in [4.78, 5) is 26.5. The van der Waals surface area contributed by atoms with E-state index < -0.39 is 0 Å². The van der Waals surface area contributed by atoms with E-state index in [-0.39, 0.29) is 17.6 Å². The number of nitrogens with zero attached hydrogens (tertiary/aromatic N) is 1. The quantitative estimate of drug-likeness (QED) is 0.221. The first-order valence-electron chi connectivity index (χ1n) is 11.0. The monoisotopic (exact) mass is 462 g/mol. The number of hydrogen-bond acceptors (Lipinski definition) is 3. The molecule has 1 N–H and O–H groups in total. The number of rotatable bonds is 6. The molecule has 0 bridgehead atoms. The Morgan fingerprint density at radius 1 is 0.765 bits per heavy atom. The van der Waals surface area contributed by atoms with Crippen LogP contribution in [0.4, 0.5) is 5.69 Å². The number of benzene rings is 4. The molecule has 0 aliphatic heterocycles. The smallest absolute Gasteiger partial charge is 0.248 e. The van der Waals surface area contributed by atoms with Gasteiger partial charge in [0.2, 0.25) is 11.8 Å². The van der Waals surface area contributed by atoms with Crippen molar-refractivity contribution in [2.75, 3.05) is 11.1 Å². The lowest BCUT2D eigenvalue weighted by atomic mass is 10.2. The third-order valence-corrected chi connectivity index (χ3v) is 6.50. The molecule has 5 aromatic rings. The zero-order valence-electron chi connectivity index (χ0n) is 18.3. The molecule has 1 amide bonds. The maximum absolute atomic E-state index is 13.3.